The first kappa shape index (κ1) is 15.8. The van der Waals surface area contributed by atoms with E-state index in [0.717, 1.165) is 0 Å². The number of hydrogen-bond acceptors (Lipinski definition) is 1. The fourth-order valence-electron chi connectivity index (χ4n) is 0. The molecular weight excluding hydrogens is 304 g/mol. The Labute approximate surface area is 63.0 Å². The fraction of sp³-hybridized carbons (Fsp3) is 0. The molecule has 7 heavy (non-hydrogen) atoms. The van der Waals surface area contributed by atoms with Crippen LogP contribution in [0.25, 0.3) is 0 Å². The molecule has 0 aliphatic heterocycles. The third-order valence-corrected chi connectivity index (χ3v) is 0. The van der Waals surface area contributed by atoms with Crippen molar-refractivity contribution in [3.05, 3.63) is 0 Å². The molecule has 0 saturated carbocycles. The van der Waals surface area contributed by atoms with Gasteiger partial charge in [0.05, 0.1) is 0 Å². The summed E-state index contributed by atoms with van der Waals surface area (Å²) in [7, 11) is -4.64. The van der Waals surface area contributed by atoms with Gasteiger partial charge in [0, 0.05) is 25.8 Å². The van der Waals surface area contributed by atoms with Gasteiger partial charge in [0.1, 0.15) is 0 Å². The zero-order valence-corrected chi connectivity index (χ0v) is 9.31. The molecule has 0 saturated heterocycles. The van der Waals surface area contributed by atoms with Gasteiger partial charge in [0.15, 0.2) is 0 Å². The molecule has 1 atom stereocenters. The van der Waals surface area contributed by atoms with Crippen LogP contribution in [-0.4, -0.2) is 14.7 Å². The molecule has 4 nitrogen and oxygen atoms in total. The summed E-state index contributed by atoms with van der Waals surface area (Å²) in [5, 5.41) is 0. The zero-order chi connectivity index (χ0) is 4.50. The van der Waals surface area contributed by atoms with E-state index in [0.29, 0.717) is 0 Å². The molecular formula is H6HfO4P2. The number of hydrogen-bond donors (Lipinski definition) is 3. The van der Waals surface area contributed by atoms with E-state index >= 15 is 0 Å². The Balaban J connectivity index is -0.0000000800. The summed E-state index contributed by atoms with van der Waals surface area (Å²) < 4.78 is 8.88. The van der Waals surface area contributed by atoms with Crippen LogP contribution in [0.5, 0.6) is 0 Å². The summed E-state index contributed by atoms with van der Waals surface area (Å²) in [5.74, 6) is 0. The molecule has 0 aliphatic carbocycles. The van der Waals surface area contributed by atoms with E-state index in [-0.39, 0.29) is 35.7 Å². The van der Waals surface area contributed by atoms with E-state index in [1.807, 2.05) is 0 Å². The summed E-state index contributed by atoms with van der Waals surface area (Å²) in [4.78, 5) is 21.6. The van der Waals surface area contributed by atoms with Gasteiger partial charge >= 0.3 is 7.82 Å². The fourth-order valence-corrected chi connectivity index (χ4v) is 0. The van der Waals surface area contributed by atoms with Gasteiger partial charge in [-0.25, -0.2) is 4.57 Å². The second-order valence-electron chi connectivity index (χ2n) is 0.513. The van der Waals surface area contributed by atoms with Crippen molar-refractivity contribution in [3.8, 4) is 0 Å². The average molecular weight is 310 g/mol. The maximum Gasteiger partial charge on any atom is 0.466 e. The molecule has 1 unspecified atom stereocenters. The van der Waals surface area contributed by atoms with Gasteiger partial charge < -0.3 is 14.7 Å². The minimum Gasteiger partial charge on any atom is -0.303 e. The second kappa shape index (κ2) is 5.55. The van der Waals surface area contributed by atoms with Crippen LogP contribution in [0.3, 0.4) is 0 Å². The first-order valence-electron chi connectivity index (χ1n) is 0.783. The Morgan fingerprint density at radius 2 is 1.14 bits per heavy atom. The third-order valence-electron chi connectivity index (χ3n) is 0. The minimum absolute atomic E-state index is 0. The van der Waals surface area contributed by atoms with E-state index in [4.69, 9.17) is 19.2 Å². The molecule has 0 aromatic carbocycles. The predicted octanol–water partition coefficient (Wildman–Crippen LogP) is -0.873. The Bertz CT molecular complexity index is 55.8. The molecule has 44 valence electrons. The van der Waals surface area contributed by atoms with Crippen molar-refractivity contribution in [2.75, 3.05) is 0 Å². The van der Waals surface area contributed by atoms with Crippen LogP contribution < -0.4 is 0 Å². The van der Waals surface area contributed by atoms with Crippen molar-refractivity contribution in [2.45, 2.75) is 0 Å². The molecule has 0 radical (unpaired) electrons. The van der Waals surface area contributed by atoms with Crippen molar-refractivity contribution in [3.63, 3.8) is 0 Å². The van der Waals surface area contributed by atoms with Crippen molar-refractivity contribution in [1.29, 1.82) is 0 Å². The third kappa shape index (κ3) is 109. The van der Waals surface area contributed by atoms with Crippen LogP contribution in [0.4, 0.5) is 0 Å². The van der Waals surface area contributed by atoms with Gasteiger partial charge in [-0.1, -0.05) is 0 Å². The van der Waals surface area contributed by atoms with Crippen LogP contribution >= 0.6 is 17.7 Å². The van der Waals surface area contributed by atoms with Gasteiger partial charge in [-0.2, -0.15) is 9.90 Å². The summed E-state index contributed by atoms with van der Waals surface area (Å²) in [5.41, 5.74) is 0. The molecule has 0 heterocycles. The Morgan fingerprint density at radius 1 is 1.14 bits per heavy atom. The maximum absolute atomic E-state index is 8.88. The van der Waals surface area contributed by atoms with Gasteiger partial charge in [-0.05, 0) is 0 Å². The van der Waals surface area contributed by atoms with E-state index in [2.05, 4.69) is 0 Å². The summed E-state index contributed by atoms with van der Waals surface area (Å²) in [6.07, 6.45) is 0. The van der Waals surface area contributed by atoms with Crippen LogP contribution in [-0.2, 0) is 30.4 Å². The van der Waals surface area contributed by atoms with Crippen LogP contribution in [0.15, 0.2) is 0 Å². The standard InChI is InChI=1S/Hf.H3O4P.H3P/c;1-5(2,3)4;/h;(H3,1,2,3,4);1H3. The SMILES string of the molecule is O=P(O)(O)O.P.[Hf]. The van der Waals surface area contributed by atoms with Crippen molar-refractivity contribution in [2.24, 2.45) is 0 Å². The molecule has 0 spiro atoms. The zero-order valence-electron chi connectivity index (χ0n) is 3.40. The molecule has 0 bridgehead atoms. The molecule has 0 aromatic rings. The number of rotatable bonds is 0. The first-order valence-corrected chi connectivity index (χ1v) is 2.35. The molecule has 0 aromatic heterocycles. The van der Waals surface area contributed by atoms with Crippen LogP contribution in [0.1, 0.15) is 0 Å². The van der Waals surface area contributed by atoms with E-state index < -0.39 is 7.82 Å². The van der Waals surface area contributed by atoms with Crippen LogP contribution in [0.2, 0.25) is 0 Å². The Hall–Kier alpha value is 1.41. The van der Waals surface area contributed by atoms with Gasteiger partial charge in [0.25, 0.3) is 0 Å². The summed E-state index contributed by atoms with van der Waals surface area (Å²) in [6.45, 7) is 0. The largest absolute Gasteiger partial charge is 0.466 e. The monoisotopic (exact) mass is 312 g/mol. The molecule has 0 fully saturated rings. The molecule has 7 heteroatoms. The second-order valence-corrected chi connectivity index (χ2v) is 1.54. The average Bonchev–Trinajstić information content (AvgIpc) is 0.722. The normalized spacial score (nSPS) is 8.43. The smallest absolute Gasteiger partial charge is 0.303 e. The summed E-state index contributed by atoms with van der Waals surface area (Å²) in [6, 6.07) is 0. The quantitative estimate of drug-likeness (QED) is 0.401. The van der Waals surface area contributed by atoms with Crippen LogP contribution in [0, 0.1) is 0 Å². The maximum atomic E-state index is 8.88. The van der Waals surface area contributed by atoms with Crippen molar-refractivity contribution < 1.29 is 45.1 Å². The molecule has 0 aliphatic rings. The molecule has 0 amide bonds. The predicted molar refractivity (Wildman–Crippen MR) is 25.4 cm³/mol. The van der Waals surface area contributed by atoms with E-state index in [9.17, 15) is 0 Å². The van der Waals surface area contributed by atoms with Crippen molar-refractivity contribution >= 4 is 17.7 Å². The Morgan fingerprint density at radius 3 is 1.14 bits per heavy atom. The minimum atomic E-state index is -4.64. The van der Waals surface area contributed by atoms with E-state index in [1.165, 1.54) is 0 Å². The molecule has 3 N–H and O–H groups in total. The van der Waals surface area contributed by atoms with E-state index in [1.54, 1.807) is 0 Å². The number of phosphoric acid groups is 1. The van der Waals surface area contributed by atoms with Gasteiger partial charge in [-0.3, -0.25) is 0 Å². The Kier molecular flexibility index (Phi) is 12.5. The first-order chi connectivity index (χ1) is 2.00. The summed E-state index contributed by atoms with van der Waals surface area (Å²) >= 11 is 0. The topological polar surface area (TPSA) is 77.8 Å². The molecule has 0 rings (SSSR count). The van der Waals surface area contributed by atoms with Gasteiger partial charge in [-0.15, -0.1) is 0 Å². The van der Waals surface area contributed by atoms with Gasteiger partial charge in [0.2, 0.25) is 0 Å². The van der Waals surface area contributed by atoms with Crippen molar-refractivity contribution in [1.82, 2.24) is 0 Å².